The van der Waals surface area contributed by atoms with Crippen LogP contribution in [0.2, 0.25) is 0 Å². The molecule has 2 fully saturated rings. The third kappa shape index (κ3) is 3.41. The van der Waals surface area contributed by atoms with Crippen molar-refractivity contribution in [2.24, 2.45) is 5.92 Å². The van der Waals surface area contributed by atoms with Crippen molar-refractivity contribution in [2.45, 2.75) is 69.3 Å². The van der Waals surface area contributed by atoms with Crippen molar-refractivity contribution in [1.29, 1.82) is 0 Å². The Balaban J connectivity index is 1.98. The lowest BCUT2D eigenvalue weighted by Gasteiger charge is -2.48. The zero-order chi connectivity index (χ0) is 16.1. The molecule has 1 saturated carbocycles. The quantitative estimate of drug-likeness (QED) is 0.779. The van der Waals surface area contributed by atoms with Crippen LogP contribution in [0.5, 0.6) is 5.75 Å². The Morgan fingerprint density at radius 2 is 1.61 bits per heavy atom. The molecule has 1 saturated heterocycles. The van der Waals surface area contributed by atoms with E-state index in [1.807, 2.05) is 18.2 Å². The van der Waals surface area contributed by atoms with E-state index >= 15 is 0 Å². The number of aliphatic hydroxyl groups excluding tert-OH is 1. The predicted octanol–water partition coefficient (Wildman–Crippen LogP) is 3.73. The van der Waals surface area contributed by atoms with E-state index in [1.165, 1.54) is 51.4 Å². The van der Waals surface area contributed by atoms with Crippen molar-refractivity contribution in [3.8, 4) is 5.75 Å². The molecule has 3 nitrogen and oxygen atoms in total. The molecule has 0 bridgehead atoms. The standard InChI is InChI=1S/C20H31NO2/c22-18-12-8-7-11-17(18)20(13-14-21-15-19(20)23)16-9-5-3-1-2-4-6-10-16/h7-8,11-12,16,19,21-23H,1-6,9-10,13-15H2. The van der Waals surface area contributed by atoms with E-state index in [1.54, 1.807) is 6.07 Å². The van der Waals surface area contributed by atoms with Crippen LogP contribution < -0.4 is 5.32 Å². The molecule has 0 radical (unpaired) electrons. The molecule has 0 spiro atoms. The number of aromatic hydroxyl groups is 1. The third-order valence-electron chi connectivity index (χ3n) is 6.14. The maximum atomic E-state index is 11.0. The number of phenols is 1. The molecule has 3 heteroatoms. The number of hydrogen-bond donors (Lipinski definition) is 3. The van der Waals surface area contributed by atoms with Gasteiger partial charge in [0.1, 0.15) is 5.75 Å². The molecule has 1 aliphatic heterocycles. The van der Waals surface area contributed by atoms with E-state index in [0.717, 1.165) is 18.5 Å². The van der Waals surface area contributed by atoms with Gasteiger partial charge in [0.25, 0.3) is 0 Å². The Morgan fingerprint density at radius 1 is 0.957 bits per heavy atom. The second kappa shape index (κ2) is 7.67. The summed E-state index contributed by atoms with van der Waals surface area (Å²) in [5, 5.41) is 24.9. The third-order valence-corrected chi connectivity index (χ3v) is 6.14. The molecule has 2 atom stereocenters. The topological polar surface area (TPSA) is 52.5 Å². The molecule has 3 rings (SSSR count). The molecular weight excluding hydrogens is 286 g/mol. The highest BCUT2D eigenvalue weighted by atomic mass is 16.3. The SMILES string of the molecule is Oc1ccccc1C1(C2CCCCCCCC2)CCNCC1O. The van der Waals surface area contributed by atoms with E-state index in [-0.39, 0.29) is 5.41 Å². The number of benzene rings is 1. The predicted molar refractivity (Wildman–Crippen MR) is 93.7 cm³/mol. The van der Waals surface area contributed by atoms with Crippen LogP contribution in [0.4, 0.5) is 0 Å². The van der Waals surface area contributed by atoms with E-state index in [2.05, 4.69) is 5.32 Å². The highest BCUT2D eigenvalue weighted by Crippen LogP contribution is 2.48. The first kappa shape index (κ1) is 16.8. The molecule has 2 aliphatic rings. The smallest absolute Gasteiger partial charge is 0.119 e. The Labute approximate surface area is 140 Å². The second-order valence-electron chi connectivity index (χ2n) is 7.42. The van der Waals surface area contributed by atoms with Gasteiger partial charge in [0.2, 0.25) is 0 Å². The molecule has 2 unspecified atom stereocenters. The largest absolute Gasteiger partial charge is 0.508 e. The van der Waals surface area contributed by atoms with Gasteiger partial charge in [-0.1, -0.05) is 56.7 Å². The number of piperidine rings is 1. The van der Waals surface area contributed by atoms with Crippen LogP contribution in [-0.2, 0) is 5.41 Å². The molecular formula is C20H31NO2. The van der Waals surface area contributed by atoms with Gasteiger partial charge in [-0.15, -0.1) is 0 Å². The molecule has 1 heterocycles. The van der Waals surface area contributed by atoms with Crippen molar-refractivity contribution in [3.05, 3.63) is 29.8 Å². The van der Waals surface area contributed by atoms with Crippen LogP contribution >= 0.6 is 0 Å². The summed E-state index contributed by atoms with van der Waals surface area (Å²) in [5.74, 6) is 0.819. The first-order valence-corrected chi connectivity index (χ1v) is 9.42. The van der Waals surface area contributed by atoms with Crippen LogP contribution in [0.3, 0.4) is 0 Å². The van der Waals surface area contributed by atoms with E-state index in [0.29, 0.717) is 18.2 Å². The fourth-order valence-corrected chi connectivity index (χ4v) is 4.91. The number of para-hydroxylation sites is 1. The zero-order valence-electron chi connectivity index (χ0n) is 14.1. The van der Waals surface area contributed by atoms with Crippen LogP contribution in [0.25, 0.3) is 0 Å². The molecule has 128 valence electrons. The molecule has 0 amide bonds. The van der Waals surface area contributed by atoms with E-state index < -0.39 is 6.10 Å². The molecule has 3 N–H and O–H groups in total. The van der Waals surface area contributed by atoms with Crippen molar-refractivity contribution in [2.75, 3.05) is 13.1 Å². The fourth-order valence-electron chi connectivity index (χ4n) is 4.91. The molecule has 1 aromatic carbocycles. The lowest BCUT2D eigenvalue weighted by molar-refractivity contribution is 0.00731. The van der Waals surface area contributed by atoms with Gasteiger partial charge in [0, 0.05) is 17.5 Å². The summed E-state index contributed by atoms with van der Waals surface area (Å²) in [6.07, 6.45) is 10.6. The average Bonchev–Trinajstić information content (AvgIpc) is 2.70. The maximum absolute atomic E-state index is 11.0. The summed E-state index contributed by atoms with van der Waals surface area (Å²) in [5.41, 5.74) is 0.680. The van der Waals surface area contributed by atoms with Crippen molar-refractivity contribution < 1.29 is 10.2 Å². The fraction of sp³-hybridized carbons (Fsp3) is 0.700. The lowest BCUT2D eigenvalue weighted by atomic mass is 9.60. The lowest BCUT2D eigenvalue weighted by Crippen LogP contribution is -2.56. The van der Waals surface area contributed by atoms with E-state index in [4.69, 9.17) is 0 Å². The van der Waals surface area contributed by atoms with Crippen LogP contribution in [0.1, 0.15) is 63.4 Å². The van der Waals surface area contributed by atoms with Crippen molar-refractivity contribution in [1.82, 2.24) is 5.32 Å². The summed E-state index contributed by atoms with van der Waals surface area (Å²) in [6, 6.07) is 7.70. The van der Waals surface area contributed by atoms with Gasteiger partial charge in [0.15, 0.2) is 0 Å². The van der Waals surface area contributed by atoms with Gasteiger partial charge in [-0.3, -0.25) is 0 Å². The zero-order valence-corrected chi connectivity index (χ0v) is 14.1. The minimum Gasteiger partial charge on any atom is -0.508 e. The van der Waals surface area contributed by atoms with Crippen LogP contribution in [0, 0.1) is 5.92 Å². The van der Waals surface area contributed by atoms with Crippen LogP contribution in [-0.4, -0.2) is 29.4 Å². The minimum absolute atomic E-state index is 0.291. The maximum Gasteiger partial charge on any atom is 0.119 e. The molecule has 1 aliphatic carbocycles. The summed E-state index contributed by atoms with van der Waals surface area (Å²) < 4.78 is 0. The average molecular weight is 317 g/mol. The van der Waals surface area contributed by atoms with Gasteiger partial charge < -0.3 is 15.5 Å². The highest BCUT2D eigenvalue weighted by molar-refractivity contribution is 5.41. The number of aliphatic hydroxyl groups is 1. The molecule has 23 heavy (non-hydrogen) atoms. The summed E-state index contributed by atoms with van der Waals surface area (Å²) in [4.78, 5) is 0. The Morgan fingerprint density at radius 3 is 2.26 bits per heavy atom. The highest BCUT2D eigenvalue weighted by Gasteiger charge is 2.48. The monoisotopic (exact) mass is 317 g/mol. The van der Waals surface area contributed by atoms with Gasteiger partial charge in [-0.2, -0.15) is 0 Å². The Kier molecular flexibility index (Phi) is 5.60. The van der Waals surface area contributed by atoms with Crippen molar-refractivity contribution >= 4 is 0 Å². The van der Waals surface area contributed by atoms with Crippen LogP contribution in [0.15, 0.2) is 24.3 Å². The van der Waals surface area contributed by atoms with Gasteiger partial charge in [0.05, 0.1) is 6.10 Å². The summed E-state index contributed by atoms with van der Waals surface area (Å²) >= 11 is 0. The van der Waals surface area contributed by atoms with Gasteiger partial charge >= 0.3 is 0 Å². The van der Waals surface area contributed by atoms with Crippen molar-refractivity contribution in [3.63, 3.8) is 0 Å². The summed E-state index contributed by atoms with van der Waals surface area (Å²) in [6.45, 7) is 1.55. The first-order chi connectivity index (χ1) is 11.2. The molecule has 0 aromatic heterocycles. The summed E-state index contributed by atoms with van der Waals surface area (Å²) in [7, 11) is 0. The number of nitrogens with one attached hydrogen (secondary N) is 1. The number of rotatable bonds is 2. The van der Waals surface area contributed by atoms with E-state index in [9.17, 15) is 10.2 Å². The molecule has 1 aromatic rings. The minimum atomic E-state index is -0.421. The normalized spacial score (nSPS) is 31.1. The second-order valence-corrected chi connectivity index (χ2v) is 7.42. The number of hydrogen-bond acceptors (Lipinski definition) is 3. The van der Waals surface area contributed by atoms with Gasteiger partial charge in [-0.25, -0.2) is 0 Å². The first-order valence-electron chi connectivity index (χ1n) is 9.42. The Hall–Kier alpha value is -1.06. The Bertz CT molecular complexity index is 494. The number of β-amino-alcohol motifs (C(OH)–C–C–N with tert-alkyl or cyclic N) is 1. The number of phenolic OH excluding ortho intramolecular Hbond substituents is 1. The van der Waals surface area contributed by atoms with Gasteiger partial charge in [-0.05, 0) is 37.8 Å².